The summed E-state index contributed by atoms with van der Waals surface area (Å²) in [5.74, 6) is -0.737. The Balaban J connectivity index is 3.95. The quantitative estimate of drug-likeness (QED) is 0.299. The molecule has 1 atom stereocenters. The van der Waals surface area contributed by atoms with Crippen LogP contribution in [0.4, 0.5) is 0 Å². The van der Waals surface area contributed by atoms with E-state index in [0.717, 1.165) is 0 Å². The number of carbonyl (C=O) groups is 2. The zero-order chi connectivity index (χ0) is 14.2. The van der Waals surface area contributed by atoms with E-state index in [0.29, 0.717) is 0 Å². The van der Waals surface area contributed by atoms with Crippen molar-refractivity contribution in [3.63, 3.8) is 0 Å². The maximum Gasteiger partial charge on any atom is 0.302 e. The van der Waals surface area contributed by atoms with Gasteiger partial charge in [0, 0.05) is 13.8 Å². The topological polar surface area (TPSA) is 71.1 Å². The summed E-state index contributed by atoms with van der Waals surface area (Å²) in [5.41, 5.74) is -0.239. The molecule has 0 aliphatic carbocycles. The summed E-state index contributed by atoms with van der Waals surface area (Å²) in [4.78, 5) is 31.4. The molecule has 6 nitrogen and oxygen atoms in total. The van der Waals surface area contributed by atoms with E-state index in [-0.39, 0.29) is 37.2 Å². The SMILES string of the molecule is CC(=O)OCCOOC(COC(C)=O)C(C)(C)C. The number of hydrogen-bond acceptors (Lipinski definition) is 6. The molecule has 0 heterocycles. The summed E-state index contributed by atoms with van der Waals surface area (Å²) in [6.07, 6.45) is -0.390. The monoisotopic (exact) mass is 262 g/mol. The second-order valence-corrected chi connectivity index (χ2v) is 4.92. The summed E-state index contributed by atoms with van der Waals surface area (Å²) < 4.78 is 9.57. The molecule has 0 radical (unpaired) electrons. The molecule has 0 rings (SSSR count). The van der Waals surface area contributed by atoms with E-state index in [1.165, 1.54) is 13.8 Å². The third-order valence-corrected chi connectivity index (χ3v) is 2.06. The normalized spacial score (nSPS) is 12.9. The van der Waals surface area contributed by atoms with Crippen molar-refractivity contribution >= 4 is 11.9 Å². The number of carbonyl (C=O) groups excluding carboxylic acids is 2. The van der Waals surface area contributed by atoms with Crippen LogP contribution in [0.5, 0.6) is 0 Å². The molecule has 0 aliphatic rings. The fourth-order valence-electron chi connectivity index (χ4n) is 0.965. The highest BCUT2D eigenvalue weighted by molar-refractivity contribution is 5.66. The van der Waals surface area contributed by atoms with Gasteiger partial charge in [0.15, 0.2) is 0 Å². The molecule has 0 bridgehead atoms. The summed E-state index contributed by atoms with van der Waals surface area (Å²) in [6.45, 7) is 8.85. The van der Waals surface area contributed by atoms with Gasteiger partial charge in [0.25, 0.3) is 0 Å². The number of rotatable bonds is 7. The number of hydrogen-bond donors (Lipinski definition) is 0. The van der Waals surface area contributed by atoms with Crippen molar-refractivity contribution in [3.05, 3.63) is 0 Å². The highest BCUT2D eigenvalue weighted by Gasteiger charge is 2.27. The van der Waals surface area contributed by atoms with Crippen LogP contribution in [0.15, 0.2) is 0 Å². The van der Waals surface area contributed by atoms with E-state index in [9.17, 15) is 9.59 Å². The van der Waals surface area contributed by atoms with Crippen molar-refractivity contribution < 1.29 is 28.8 Å². The lowest BCUT2D eigenvalue weighted by molar-refractivity contribution is -0.348. The number of esters is 2. The third kappa shape index (κ3) is 8.95. The molecule has 0 N–H and O–H groups in total. The lowest BCUT2D eigenvalue weighted by atomic mass is 9.90. The van der Waals surface area contributed by atoms with Gasteiger partial charge in [0.1, 0.15) is 25.9 Å². The molecular weight excluding hydrogens is 240 g/mol. The minimum absolute atomic E-state index is 0.117. The third-order valence-electron chi connectivity index (χ3n) is 2.06. The summed E-state index contributed by atoms with van der Waals surface area (Å²) in [7, 11) is 0. The molecule has 0 aliphatic heterocycles. The van der Waals surface area contributed by atoms with Crippen LogP contribution in [0.3, 0.4) is 0 Å². The van der Waals surface area contributed by atoms with Crippen molar-refractivity contribution in [1.29, 1.82) is 0 Å². The van der Waals surface area contributed by atoms with Crippen LogP contribution in [0.2, 0.25) is 0 Å². The van der Waals surface area contributed by atoms with E-state index in [1.54, 1.807) is 0 Å². The van der Waals surface area contributed by atoms with Gasteiger partial charge < -0.3 is 9.47 Å². The van der Waals surface area contributed by atoms with Gasteiger partial charge in [0.2, 0.25) is 0 Å². The molecule has 6 heteroatoms. The van der Waals surface area contributed by atoms with Gasteiger partial charge in [-0.2, -0.15) is 0 Å². The molecule has 0 aromatic heterocycles. The van der Waals surface area contributed by atoms with Gasteiger partial charge in [-0.05, 0) is 5.41 Å². The zero-order valence-corrected chi connectivity index (χ0v) is 11.6. The first kappa shape index (κ1) is 16.9. The second-order valence-electron chi connectivity index (χ2n) is 4.92. The minimum atomic E-state index is -0.390. The Kier molecular flexibility index (Phi) is 7.54. The van der Waals surface area contributed by atoms with E-state index in [4.69, 9.17) is 14.5 Å². The highest BCUT2D eigenvalue weighted by atomic mass is 17.2. The van der Waals surface area contributed by atoms with Crippen molar-refractivity contribution in [2.24, 2.45) is 5.41 Å². The van der Waals surface area contributed by atoms with Crippen LogP contribution in [-0.4, -0.2) is 37.9 Å². The largest absolute Gasteiger partial charge is 0.463 e. The van der Waals surface area contributed by atoms with Gasteiger partial charge in [-0.3, -0.25) is 9.59 Å². The first-order chi connectivity index (χ1) is 8.23. The van der Waals surface area contributed by atoms with Gasteiger partial charge in [-0.25, -0.2) is 9.78 Å². The molecule has 0 spiro atoms. The summed E-state index contributed by atoms with van der Waals surface area (Å²) in [5, 5.41) is 0. The highest BCUT2D eigenvalue weighted by Crippen LogP contribution is 2.22. The molecule has 0 aromatic carbocycles. The van der Waals surface area contributed by atoms with E-state index in [2.05, 4.69) is 4.74 Å². The van der Waals surface area contributed by atoms with Gasteiger partial charge in [0.05, 0.1) is 0 Å². The first-order valence-corrected chi connectivity index (χ1v) is 5.78. The molecular formula is C12H22O6. The van der Waals surface area contributed by atoms with Crippen LogP contribution < -0.4 is 0 Å². The lowest BCUT2D eigenvalue weighted by Crippen LogP contribution is -2.35. The Labute approximate surface area is 107 Å². The molecule has 0 saturated heterocycles. The maximum absolute atomic E-state index is 10.8. The fourth-order valence-corrected chi connectivity index (χ4v) is 0.965. The predicted molar refractivity (Wildman–Crippen MR) is 63.5 cm³/mol. The Bertz CT molecular complexity index is 268. The van der Waals surface area contributed by atoms with Crippen molar-refractivity contribution in [2.45, 2.75) is 40.7 Å². The Morgan fingerprint density at radius 3 is 2.00 bits per heavy atom. The van der Waals surface area contributed by atoms with Gasteiger partial charge >= 0.3 is 11.9 Å². The Hall–Kier alpha value is -1.14. The van der Waals surface area contributed by atoms with Crippen molar-refractivity contribution in [2.75, 3.05) is 19.8 Å². The van der Waals surface area contributed by atoms with Crippen molar-refractivity contribution in [3.8, 4) is 0 Å². The van der Waals surface area contributed by atoms with Gasteiger partial charge in [-0.15, -0.1) is 0 Å². The molecule has 106 valence electrons. The molecule has 0 amide bonds. The van der Waals surface area contributed by atoms with E-state index in [1.807, 2.05) is 20.8 Å². The second kappa shape index (κ2) is 8.05. The average Bonchev–Trinajstić information content (AvgIpc) is 2.19. The smallest absolute Gasteiger partial charge is 0.302 e. The van der Waals surface area contributed by atoms with Crippen molar-refractivity contribution in [1.82, 2.24) is 0 Å². The predicted octanol–water partition coefficient (Wildman–Crippen LogP) is 1.48. The van der Waals surface area contributed by atoms with Gasteiger partial charge in [-0.1, -0.05) is 20.8 Å². The molecule has 0 fully saturated rings. The molecule has 1 unspecified atom stereocenters. The molecule has 18 heavy (non-hydrogen) atoms. The van der Waals surface area contributed by atoms with Crippen LogP contribution in [0.25, 0.3) is 0 Å². The maximum atomic E-state index is 10.8. The Morgan fingerprint density at radius 2 is 1.56 bits per heavy atom. The Morgan fingerprint density at radius 1 is 1.00 bits per heavy atom. The van der Waals surface area contributed by atoms with Crippen LogP contribution in [-0.2, 0) is 28.8 Å². The van der Waals surface area contributed by atoms with Crippen LogP contribution >= 0.6 is 0 Å². The van der Waals surface area contributed by atoms with E-state index >= 15 is 0 Å². The summed E-state index contributed by atoms with van der Waals surface area (Å²) >= 11 is 0. The fraction of sp³-hybridized carbons (Fsp3) is 0.833. The minimum Gasteiger partial charge on any atom is -0.463 e. The molecule has 0 saturated carbocycles. The zero-order valence-electron chi connectivity index (χ0n) is 11.6. The standard InChI is InChI=1S/C12H22O6/c1-9(13)15-6-7-17-18-11(12(3,4)5)8-16-10(2)14/h11H,6-8H2,1-5H3. The first-order valence-electron chi connectivity index (χ1n) is 5.78. The van der Waals surface area contributed by atoms with E-state index < -0.39 is 6.10 Å². The average molecular weight is 262 g/mol. The summed E-state index contributed by atoms with van der Waals surface area (Å²) in [6, 6.07) is 0. The van der Waals surface area contributed by atoms with Crippen LogP contribution in [0.1, 0.15) is 34.6 Å². The molecule has 0 aromatic rings. The number of ether oxygens (including phenoxy) is 2. The van der Waals surface area contributed by atoms with Crippen LogP contribution in [0, 0.1) is 5.41 Å². The lowest BCUT2D eigenvalue weighted by Gasteiger charge is -2.28.